The molecule has 1 unspecified atom stereocenters. The van der Waals surface area contributed by atoms with Crippen LogP contribution in [0.2, 0.25) is 5.02 Å². The first-order valence-corrected chi connectivity index (χ1v) is 8.10. The van der Waals surface area contributed by atoms with E-state index in [1.165, 1.54) is 4.68 Å². The van der Waals surface area contributed by atoms with E-state index in [0.717, 1.165) is 11.3 Å². The molecule has 3 rings (SSSR count). The van der Waals surface area contributed by atoms with Gasteiger partial charge in [-0.2, -0.15) is 5.10 Å². The van der Waals surface area contributed by atoms with Crippen LogP contribution in [0.25, 0.3) is 0 Å². The molecule has 0 bridgehead atoms. The Morgan fingerprint density at radius 2 is 2.04 bits per heavy atom. The Kier molecular flexibility index (Phi) is 5.01. The molecule has 0 aliphatic carbocycles. The number of aromatic nitrogens is 2. The van der Waals surface area contributed by atoms with E-state index in [1.807, 2.05) is 49.4 Å². The highest BCUT2D eigenvalue weighted by molar-refractivity contribution is 6.32. The van der Waals surface area contributed by atoms with Crippen LogP contribution < -0.4 is 10.9 Å². The Morgan fingerprint density at radius 1 is 1.25 bits per heavy atom. The molecule has 2 aromatic heterocycles. The minimum atomic E-state index is -0.310. The Balaban J connectivity index is 1.73. The van der Waals surface area contributed by atoms with E-state index in [4.69, 9.17) is 16.0 Å². The minimum absolute atomic E-state index is 0.0554. The van der Waals surface area contributed by atoms with E-state index < -0.39 is 0 Å². The van der Waals surface area contributed by atoms with E-state index in [-0.39, 0.29) is 16.6 Å². The number of anilines is 1. The van der Waals surface area contributed by atoms with Gasteiger partial charge in [-0.15, -0.1) is 0 Å². The lowest BCUT2D eigenvalue weighted by Gasteiger charge is -2.15. The van der Waals surface area contributed by atoms with Crippen LogP contribution in [-0.2, 0) is 13.0 Å². The SMILES string of the molecule is CC(Cc1ccco1)Nc1cnn(Cc2ccccc2)c(=O)c1Cl. The summed E-state index contributed by atoms with van der Waals surface area (Å²) in [5, 5.41) is 7.58. The summed E-state index contributed by atoms with van der Waals surface area (Å²) in [5.74, 6) is 0.872. The third-order valence-corrected chi connectivity index (χ3v) is 4.01. The third-order valence-electron chi connectivity index (χ3n) is 3.65. The number of rotatable bonds is 6. The molecule has 1 atom stereocenters. The van der Waals surface area contributed by atoms with Crippen LogP contribution in [0.15, 0.2) is 64.1 Å². The van der Waals surface area contributed by atoms with Gasteiger partial charge in [0.15, 0.2) is 0 Å². The van der Waals surface area contributed by atoms with E-state index in [0.29, 0.717) is 18.7 Å². The standard InChI is InChI=1S/C18H18ClN3O2/c1-13(10-15-8-5-9-24-15)21-16-11-20-22(18(23)17(16)19)12-14-6-3-2-4-7-14/h2-9,11,13,21H,10,12H2,1H3. The molecule has 124 valence electrons. The van der Waals surface area contributed by atoms with Crippen molar-refractivity contribution in [3.05, 3.63) is 81.6 Å². The molecular formula is C18H18ClN3O2. The smallest absolute Gasteiger partial charge is 0.287 e. The molecule has 5 nitrogen and oxygen atoms in total. The van der Waals surface area contributed by atoms with Crippen LogP contribution in [0.3, 0.4) is 0 Å². The maximum atomic E-state index is 12.4. The van der Waals surface area contributed by atoms with Crippen LogP contribution in [0.1, 0.15) is 18.2 Å². The molecule has 1 N–H and O–H groups in total. The van der Waals surface area contributed by atoms with Crippen molar-refractivity contribution < 1.29 is 4.42 Å². The summed E-state index contributed by atoms with van der Waals surface area (Å²) in [5.41, 5.74) is 1.22. The fraction of sp³-hybridized carbons (Fsp3) is 0.222. The topological polar surface area (TPSA) is 60.1 Å². The van der Waals surface area contributed by atoms with Crippen LogP contribution in [-0.4, -0.2) is 15.8 Å². The van der Waals surface area contributed by atoms with Gasteiger partial charge in [0.1, 0.15) is 10.8 Å². The van der Waals surface area contributed by atoms with Crippen molar-refractivity contribution in [2.75, 3.05) is 5.32 Å². The van der Waals surface area contributed by atoms with Crippen LogP contribution in [0, 0.1) is 0 Å². The largest absolute Gasteiger partial charge is 0.469 e. The highest BCUT2D eigenvalue weighted by Gasteiger charge is 2.13. The summed E-state index contributed by atoms with van der Waals surface area (Å²) in [7, 11) is 0. The minimum Gasteiger partial charge on any atom is -0.469 e. The van der Waals surface area contributed by atoms with Crippen molar-refractivity contribution in [3.63, 3.8) is 0 Å². The van der Waals surface area contributed by atoms with Crippen LogP contribution >= 0.6 is 11.6 Å². The highest BCUT2D eigenvalue weighted by atomic mass is 35.5. The van der Waals surface area contributed by atoms with Gasteiger partial charge < -0.3 is 9.73 Å². The first kappa shape index (κ1) is 16.3. The number of nitrogens with one attached hydrogen (secondary N) is 1. The third kappa shape index (κ3) is 3.86. The first-order valence-electron chi connectivity index (χ1n) is 7.72. The summed E-state index contributed by atoms with van der Waals surface area (Å²) in [6, 6.07) is 13.5. The number of benzene rings is 1. The molecule has 0 saturated heterocycles. The highest BCUT2D eigenvalue weighted by Crippen LogP contribution is 2.18. The fourth-order valence-corrected chi connectivity index (χ4v) is 2.68. The van der Waals surface area contributed by atoms with Gasteiger partial charge in [-0.05, 0) is 24.6 Å². The molecule has 24 heavy (non-hydrogen) atoms. The van der Waals surface area contributed by atoms with E-state index >= 15 is 0 Å². The lowest BCUT2D eigenvalue weighted by atomic mass is 10.2. The van der Waals surface area contributed by atoms with Crippen molar-refractivity contribution >= 4 is 17.3 Å². The van der Waals surface area contributed by atoms with Gasteiger partial charge in [0.05, 0.1) is 24.7 Å². The predicted octanol–water partition coefficient (Wildman–Crippen LogP) is 3.58. The fourth-order valence-electron chi connectivity index (χ4n) is 2.48. The molecule has 2 heterocycles. The number of furan rings is 1. The zero-order valence-electron chi connectivity index (χ0n) is 13.3. The first-order chi connectivity index (χ1) is 11.6. The summed E-state index contributed by atoms with van der Waals surface area (Å²) in [6.07, 6.45) is 3.92. The van der Waals surface area contributed by atoms with E-state index in [1.54, 1.807) is 12.5 Å². The number of hydrogen-bond acceptors (Lipinski definition) is 4. The van der Waals surface area contributed by atoms with Gasteiger partial charge in [-0.1, -0.05) is 41.9 Å². The van der Waals surface area contributed by atoms with Gasteiger partial charge in [-0.3, -0.25) is 4.79 Å². The van der Waals surface area contributed by atoms with Crippen LogP contribution in [0.5, 0.6) is 0 Å². The lowest BCUT2D eigenvalue weighted by molar-refractivity contribution is 0.497. The monoisotopic (exact) mass is 343 g/mol. The van der Waals surface area contributed by atoms with Gasteiger partial charge in [-0.25, -0.2) is 4.68 Å². The molecule has 0 spiro atoms. The molecule has 0 saturated carbocycles. The van der Waals surface area contributed by atoms with Gasteiger partial charge in [0.25, 0.3) is 5.56 Å². The normalized spacial score (nSPS) is 12.1. The second kappa shape index (κ2) is 7.36. The second-order valence-electron chi connectivity index (χ2n) is 5.65. The summed E-state index contributed by atoms with van der Waals surface area (Å²) in [4.78, 5) is 12.4. The maximum Gasteiger partial charge on any atom is 0.287 e. The predicted molar refractivity (Wildman–Crippen MR) is 94.5 cm³/mol. The Bertz CT molecular complexity index is 844. The average Bonchev–Trinajstić information content (AvgIpc) is 3.08. The van der Waals surface area contributed by atoms with Crippen molar-refractivity contribution in [1.82, 2.24) is 9.78 Å². The van der Waals surface area contributed by atoms with Crippen LogP contribution in [0.4, 0.5) is 5.69 Å². The molecule has 1 aromatic carbocycles. The van der Waals surface area contributed by atoms with Gasteiger partial charge >= 0.3 is 0 Å². The number of nitrogens with zero attached hydrogens (tertiary/aromatic N) is 2. The molecule has 0 amide bonds. The molecular weight excluding hydrogens is 326 g/mol. The Hall–Kier alpha value is -2.53. The Labute approximate surface area is 144 Å². The zero-order valence-corrected chi connectivity index (χ0v) is 14.0. The molecule has 0 aliphatic rings. The number of halogens is 1. The Morgan fingerprint density at radius 3 is 2.75 bits per heavy atom. The molecule has 0 aliphatic heterocycles. The molecule has 6 heteroatoms. The maximum absolute atomic E-state index is 12.4. The van der Waals surface area contributed by atoms with Gasteiger partial charge in [0, 0.05) is 12.5 Å². The van der Waals surface area contributed by atoms with E-state index in [9.17, 15) is 4.79 Å². The lowest BCUT2D eigenvalue weighted by Crippen LogP contribution is -2.26. The zero-order chi connectivity index (χ0) is 16.9. The summed E-state index contributed by atoms with van der Waals surface area (Å²) in [6.45, 7) is 2.38. The quantitative estimate of drug-likeness (QED) is 0.743. The van der Waals surface area contributed by atoms with Crippen molar-refractivity contribution in [3.8, 4) is 0 Å². The average molecular weight is 344 g/mol. The van der Waals surface area contributed by atoms with Gasteiger partial charge in [0.2, 0.25) is 0 Å². The summed E-state index contributed by atoms with van der Waals surface area (Å²) < 4.78 is 6.69. The summed E-state index contributed by atoms with van der Waals surface area (Å²) >= 11 is 6.23. The second-order valence-corrected chi connectivity index (χ2v) is 6.03. The van der Waals surface area contributed by atoms with E-state index in [2.05, 4.69) is 10.4 Å². The molecule has 0 radical (unpaired) electrons. The molecule has 3 aromatic rings. The molecule has 0 fully saturated rings. The van der Waals surface area contributed by atoms with Crippen molar-refractivity contribution in [1.29, 1.82) is 0 Å². The van der Waals surface area contributed by atoms with Crippen molar-refractivity contribution in [2.24, 2.45) is 0 Å². The van der Waals surface area contributed by atoms with Crippen molar-refractivity contribution in [2.45, 2.75) is 25.9 Å². The number of hydrogen-bond donors (Lipinski definition) is 1.